The average molecular weight is 224 g/mol. The minimum atomic E-state index is -3.48. The lowest BCUT2D eigenvalue weighted by molar-refractivity contribution is 0.589. The Bertz CT molecular complexity index is 474. The van der Waals surface area contributed by atoms with Crippen LogP contribution in [0.2, 0.25) is 0 Å². The van der Waals surface area contributed by atoms with Crippen molar-refractivity contribution in [3.63, 3.8) is 0 Å². The third-order valence-electron chi connectivity index (χ3n) is 1.62. The van der Waals surface area contributed by atoms with E-state index >= 15 is 0 Å². The van der Waals surface area contributed by atoms with Gasteiger partial charge >= 0.3 is 0 Å². The second-order valence-corrected chi connectivity index (χ2v) is 4.33. The lowest BCUT2D eigenvalue weighted by atomic mass is 10.2. The molecule has 1 aromatic carbocycles. The van der Waals surface area contributed by atoms with E-state index in [0.717, 1.165) is 0 Å². The predicted octanol–water partition coefficient (Wildman–Crippen LogP) is 0.934. The Hall–Kier alpha value is -1.51. The monoisotopic (exact) mass is 224 g/mol. The Kier molecular flexibility index (Phi) is 3.72. The van der Waals surface area contributed by atoms with Crippen LogP contribution in [0.1, 0.15) is 12.5 Å². The maximum atomic E-state index is 11.3. The molecule has 5 heteroatoms. The molecule has 0 saturated carbocycles. The van der Waals surface area contributed by atoms with Crippen molar-refractivity contribution in [1.29, 1.82) is 0 Å². The second kappa shape index (κ2) is 4.82. The van der Waals surface area contributed by atoms with E-state index in [0.29, 0.717) is 17.8 Å². The summed E-state index contributed by atoms with van der Waals surface area (Å²) in [6.45, 7) is 2.04. The fraction of sp³-hybridized carbons (Fsp3) is 0.200. The van der Waals surface area contributed by atoms with Gasteiger partial charge in [0.2, 0.25) is 0 Å². The molecular weight excluding hydrogens is 212 g/mol. The minimum absolute atomic E-state index is 0.337. The van der Waals surface area contributed by atoms with E-state index in [4.69, 9.17) is 6.42 Å². The summed E-state index contributed by atoms with van der Waals surface area (Å²) in [5.74, 6) is 2.43. The topological polar surface area (TPSA) is 58.2 Å². The summed E-state index contributed by atoms with van der Waals surface area (Å²) in [4.78, 5) is 0. The van der Waals surface area contributed by atoms with E-state index in [2.05, 4.69) is 15.4 Å². The Morgan fingerprint density at radius 1 is 1.47 bits per heavy atom. The van der Waals surface area contributed by atoms with Crippen molar-refractivity contribution in [3.8, 4) is 12.3 Å². The first-order valence-electron chi connectivity index (χ1n) is 4.41. The van der Waals surface area contributed by atoms with Gasteiger partial charge in [0.05, 0.1) is 5.69 Å². The molecule has 0 spiro atoms. The number of rotatable bonds is 4. The maximum Gasteiger partial charge on any atom is 0.299 e. The van der Waals surface area contributed by atoms with E-state index < -0.39 is 10.2 Å². The zero-order valence-electron chi connectivity index (χ0n) is 8.32. The van der Waals surface area contributed by atoms with Crippen molar-refractivity contribution in [2.24, 2.45) is 0 Å². The highest BCUT2D eigenvalue weighted by atomic mass is 32.2. The maximum absolute atomic E-state index is 11.3. The van der Waals surface area contributed by atoms with Gasteiger partial charge < -0.3 is 0 Å². The van der Waals surface area contributed by atoms with Gasteiger partial charge in [0.15, 0.2) is 0 Å². The van der Waals surface area contributed by atoms with Gasteiger partial charge in [-0.25, -0.2) is 0 Å². The first kappa shape index (κ1) is 11.6. The molecule has 2 N–H and O–H groups in total. The normalized spacial score (nSPS) is 10.7. The third kappa shape index (κ3) is 3.62. The zero-order chi connectivity index (χ0) is 11.3. The number of nitrogens with one attached hydrogen (secondary N) is 2. The van der Waals surface area contributed by atoms with Crippen molar-refractivity contribution >= 4 is 15.9 Å². The lowest BCUT2D eigenvalue weighted by Gasteiger charge is -2.07. The first-order valence-corrected chi connectivity index (χ1v) is 5.90. The van der Waals surface area contributed by atoms with Gasteiger partial charge in [-0.15, -0.1) is 6.42 Å². The van der Waals surface area contributed by atoms with Crippen molar-refractivity contribution in [3.05, 3.63) is 29.8 Å². The van der Waals surface area contributed by atoms with Crippen LogP contribution in [0.25, 0.3) is 0 Å². The predicted molar refractivity (Wildman–Crippen MR) is 60.6 cm³/mol. The summed E-state index contributed by atoms with van der Waals surface area (Å²) in [5, 5.41) is 0. The molecule has 0 fully saturated rings. The highest BCUT2D eigenvalue weighted by Gasteiger charge is 2.07. The number of anilines is 1. The number of benzene rings is 1. The average Bonchev–Trinajstić information content (AvgIpc) is 2.17. The molecule has 0 unspecified atom stereocenters. The molecule has 4 nitrogen and oxygen atoms in total. The van der Waals surface area contributed by atoms with Crippen LogP contribution in [0.3, 0.4) is 0 Å². The summed E-state index contributed by atoms with van der Waals surface area (Å²) < 4.78 is 27.3. The second-order valence-electron chi connectivity index (χ2n) is 2.83. The molecule has 0 aliphatic rings. The fourth-order valence-electron chi connectivity index (χ4n) is 1.05. The Balaban J connectivity index is 2.86. The molecule has 15 heavy (non-hydrogen) atoms. The molecule has 0 amide bonds. The molecule has 0 heterocycles. The van der Waals surface area contributed by atoms with Crippen LogP contribution in [-0.2, 0) is 10.2 Å². The quantitative estimate of drug-likeness (QED) is 0.748. The number of terminal acetylenes is 1. The van der Waals surface area contributed by atoms with Crippen LogP contribution >= 0.6 is 0 Å². The van der Waals surface area contributed by atoms with Crippen molar-refractivity contribution in [1.82, 2.24) is 4.72 Å². The SMILES string of the molecule is C#Cc1cccc(NS(=O)(=O)NCC)c1. The van der Waals surface area contributed by atoms with Crippen LogP contribution < -0.4 is 9.44 Å². The molecule has 80 valence electrons. The zero-order valence-corrected chi connectivity index (χ0v) is 9.14. The van der Waals surface area contributed by atoms with Crippen molar-refractivity contribution in [2.75, 3.05) is 11.3 Å². The van der Waals surface area contributed by atoms with E-state index in [1.165, 1.54) is 0 Å². The van der Waals surface area contributed by atoms with Gasteiger partial charge in [0, 0.05) is 12.1 Å². The van der Waals surface area contributed by atoms with Gasteiger partial charge in [-0.2, -0.15) is 13.1 Å². The van der Waals surface area contributed by atoms with Crippen LogP contribution in [0, 0.1) is 12.3 Å². The van der Waals surface area contributed by atoms with Gasteiger partial charge in [0.1, 0.15) is 0 Å². The van der Waals surface area contributed by atoms with Crippen LogP contribution in [0.15, 0.2) is 24.3 Å². The van der Waals surface area contributed by atoms with Crippen LogP contribution in [-0.4, -0.2) is 15.0 Å². The molecule has 0 aromatic heterocycles. The summed E-state index contributed by atoms with van der Waals surface area (Å²) in [6.07, 6.45) is 5.20. The summed E-state index contributed by atoms with van der Waals surface area (Å²) in [6, 6.07) is 6.65. The third-order valence-corrected chi connectivity index (χ3v) is 2.79. The smallest absolute Gasteiger partial charge is 0.271 e. The Morgan fingerprint density at radius 2 is 2.20 bits per heavy atom. The lowest BCUT2D eigenvalue weighted by Crippen LogP contribution is -2.29. The summed E-state index contributed by atoms with van der Waals surface area (Å²) >= 11 is 0. The van der Waals surface area contributed by atoms with Crippen LogP contribution in [0.5, 0.6) is 0 Å². The minimum Gasteiger partial charge on any atom is -0.271 e. The molecule has 1 aromatic rings. The Labute approximate surface area is 89.9 Å². The highest BCUT2D eigenvalue weighted by molar-refractivity contribution is 7.90. The van der Waals surface area contributed by atoms with Gasteiger partial charge in [-0.1, -0.05) is 18.9 Å². The van der Waals surface area contributed by atoms with Crippen LogP contribution in [0.4, 0.5) is 5.69 Å². The standard InChI is InChI=1S/C10H12N2O2S/c1-3-9-6-5-7-10(8-9)12-15(13,14)11-4-2/h1,5-8,11-12H,4H2,2H3. The molecule has 0 saturated heterocycles. The van der Waals surface area contributed by atoms with E-state index in [-0.39, 0.29) is 0 Å². The summed E-state index contributed by atoms with van der Waals surface area (Å²) in [7, 11) is -3.48. The fourth-order valence-corrected chi connectivity index (χ4v) is 1.94. The molecule has 0 radical (unpaired) electrons. The van der Waals surface area contributed by atoms with E-state index in [1.54, 1.807) is 31.2 Å². The van der Waals surface area contributed by atoms with Gasteiger partial charge in [0.25, 0.3) is 10.2 Å². The van der Waals surface area contributed by atoms with Crippen molar-refractivity contribution in [2.45, 2.75) is 6.92 Å². The Morgan fingerprint density at radius 3 is 2.80 bits per heavy atom. The molecule has 1 rings (SSSR count). The molecule has 0 bridgehead atoms. The highest BCUT2D eigenvalue weighted by Crippen LogP contribution is 2.10. The van der Waals surface area contributed by atoms with Crippen molar-refractivity contribution < 1.29 is 8.42 Å². The molecule has 0 aliphatic heterocycles. The van der Waals surface area contributed by atoms with Gasteiger partial charge in [-0.3, -0.25) is 4.72 Å². The van der Waals surface area contributed by atoms with Gasteiger partial charge in [-0.05, 0) is 18.2 Å². The molecular formula is C10H12N2O2S. The molecule has 0 aliphatic carbocycles. The number of hydrogen-bond acceptors (Lipinski definition) is 2. The summed E-state index contributed by atoms with van der Waals surface area (Å²) in [5.41, 5.74) is 1.08. The van der Waals surface area contributed by atoms with E-state index in [1.807, 2.05) is 0 Å². The number of hydrogen-bond donors (Lipinski definition) is 2. The largest absolute Gasteiger partial charge is 0.299 e. The molecule has 0 atom stereocenters. The van der Waals surface area contributed by atoms with E-state index in [9.17, 15) is 8.42 Å². The first-order chi connectivity index (χ1) is 7.07.